The third-order valence-corrected chi connectivity index (χ3v) is 22.7. The fourth-order valence-electron chi connectivity index (χ4n) is 13.9. The van der Waals surface area contributed by atoms with E-state index in [4.69, 9.17) is 37.5 Å². The summed E-state index contributed by atoms with van der Waals surface area (Å²) in [6.07, 6.45) is 9.78. The van der Waals surface area contributed by atoms with Crippen molar-refractivity contribution in [3.05, 3.63) is 29.7 Å². The number of carbonyl (C=O) groups is 4. The molecule has 0 saturated carbocycles. The van der Waals surface area contributed by atoms with Gasteiger partial charge in [-0.15, -0.1) is 5.92 Å². The molecule has 0 fully saturated rings. The number of hydrogen-bond acceptors (Lipinski definition) is 14. The summed E-state index contributed by atoms with van der Waals surface area (Å²) in [5, 5.41) is 0.926. The molecule has 0 aliphatic heterocycles. The van der Waals surface area contributed by atoms with Gasteiger partial charge in [-0.1, -0.05) is 166 Å². The second-order valence-corrected chi connectivity index (χ2v) is 66.6. The molecule has 1 amide bonds. The van der Waals surface area contributed by atoms with Gasteiger partial charge in [0.15, 0.2) is 0 Å². The molecule has 0 aliphatic carbocycles. The summed E-state index contributed by atoms with van der Waals surface area (Å²) >= 11 is 1.45. The molecule has 0 aliphatic rings. The molecule has 3 unspecified atom stereocenters. The van der Waals surface area contributed by atoms with E-state index in [0.717, 1.165) is 63.0 Å². The first kappa shape index (κ1) is 145. The van der Waals surface area contributed by atoms with Crippen molar-refractivity contribution >= 4 is 34.9 Å². The van der Waals surface area contributed by atoms with Gasteiger partial charge in [0, 0.05) is 64.6 Å². The number of amides is 1. The Balaban J connectivity index is -0.000000223. The molecule has 18 heteroatoms. The number of hydrogen-bond donors (Lipinski definition) is 1. The van der Waals surface area contributed by atoms with E-state index in [-0.39, 0.29) is 155 Å². The number of ether oxygens (including phenoxy) is 6. The number of nitrogens with zero attached hydrogens (tertiary/aromatic N) is 1. The Labute approximate surface area is 839 Å². The minimum absolute atomic E-state index is 0. The molecule has 1 aromatic rings. The molecular weight excluding hydrogens is 1860 g/mol. The predicted octanol–water partition coefficient (Wildman–Crippen LogP) is 32.7. The molecule has 1 aromatic carbocycles. The molecular formula is C113H225N2O13PVW. The number of benzene rings is 1. The zero-order valence-corrected chi connectivity index (χ0v) is 104. The van der Waals surface area contributed by atoms with Crippen LogP contribution < -0.4 is 14.8 Å². The van der Waals surface area contributed by atoms with Gasteiger partial charge in [0.25, 0.3) is 0 Å². The Kier molecular flexibility index (Phi) is 63.5. The van der Waals surface area contributed by atoms with Crippen LogP contribution in [0.2, 0.25) is 0 Å². The summed E-state index contributed by atoms with van der Waals surface area (Å²) in [6, 6.07) is 6.25. The van der Waals surface area contributed by atoms with Gasteiger partial charge in [0.1, 0.15) is 40.1 Å². The van der Waals surface area contributed by atoms with Crippen molar-refractivity contribution in [1.82, 2.24) is 10.2 Å². The fraction of sp³-hybridized carbons (Fsp3) is 0.894. The van der Waals surface area contributed by atoms with E-state index in [0.29, 0.717) is 42.6 Å². The number of nitrogens with one attached hydrogen (secondary N) is 1. The van der Waals surface area contributed by atoms with Gasteiger partial charge in [-0.2, -0.15) is 20.8 Å². The quantitative estimate of drug-likeness (QED) is 0.0651. The molecule has 15 nitrogen and oxygen atoms in total. The van der Waals surface area contributed by atoms with Gasteiger partial charge in [0.2, 0.25) is 5.91 Å². The van der Waals surface area contributed by atoms with E-state index in [2.05, 4.69) is 417 Å². The largest absolute Gasteiger partial charge is 2.00 e. The van der Waals surface area contributed by atoms with E-state index >= 15 is 0 Å². The van der Waals surface area contributed by atoms with Crippen LogP contribution >= 0.6 is 5.35 Å². The summed E-state index contributed by atoms with van der Waals surface area (Å²) < 4.78 is 48.5. The first-order valence-electron chi connectivity index (χ1n) is 49.0. The average molecular weight is 2090 g/mol. The van der Waals surface area contributed by atoms with Crippen LogP contribution in [0, 0.1) is 72.4 Å². The van der Waals surface area contributed by atoms with Crippen LogP contribution in [0.15, 0.2) is 18.2 Å². The monoisotopic (exact) mass is 2080 g/mol. The van der Waals surface area contributed by atoms with E-state index in [1.807, 2.05) is 33.1 Å². The molecule has 1 radical (unpaired) electrons. The zero-order valence-electron chi connectivity index (χ0n) is 99.0. The number of carbonyl (C=O) groups excluding carboxylic acids is 5. The maximum atomic E-state index is 12.6. The van der Waals surface area contributed by atoms with Crippen molar-refractivity contribution < 1.29 is 98.8 Å². The van der Waals surface area contributed by atoms with E-state index in [1.54, 1.807) is 20.8 Å². The SMILES string of the molecule is CC(C)(C)C(=O)CC([C-]=O)CNC(=O)C(C)(C)C.CC(C)(C)CC(=O)CC(CC(C)(C)C)C(=O)CC(C)(C)C.CC(C)(C)CC(COC(C)(C)C)COC(C)(C)C.CC(C)(C)CCC(COC(C)(C)C)OC(C)(C)C.CC(C)(C)C[P](=[W])(OC(C)(C)C)OC(C)(C)C.CC(C)(C)Cc1cc(OC(C)(C)C)cc(OC(C)(C)C)c1.CC(C)(C)N(C(C)(C)C)C(C)(C)C.C[C-](C)C.[V+2]. The van der Waals surface area contributed by atoms with Crippen molar-refractivity contribution in [2.24, 2.45) is 66.5 Å². The number of ketones is 3. The minimum atomic E-state index is -1.75. The van der Waals surface area contributed by atoms with Crippen LogP contribution in [0.5, 0.6) is 11.5 Å². The zero-order chi connectivity index (χ0) is 106. The maximum absolute atomic E-state index is 12.6. The standard InChI is InChI=1S/C19H32O2.C19H36O2.2C16H34O2.C14H24NO3.C13H29O2P.C12H27N.C4H9.V.W/c1-17(2,3)13-14-10-15(20-18(4,5)6)12-16(11-14)21-19(7,8)9;1-17(2,3)11-14(16(21)13-19(7,8)9)10-15(20)12-18(4,5)6;1-14(2,3)10-13(11-17-15(4,5)6)12-18-16(7,8)9;1-14(2,3)11-10-13(18-16(7,8)9)12-17-15(4,5)6;1-13(2,3)11(17)7-10(9-16)8-15-12(18)14(4,5)6;1-11(2,3)10-16(14-12(4,5)6)15-13(7,8)9;1-10(2,3)13(11(4,5)6)12(7,8)9;1-4(2)3;;/h10-12H,13H2,1-9H3;14H,10-13H2,1-9H3;2*13H,10-12H2,1-9H3;10H,7-8H2,1-6H3,(H,15,18);10H2,1-9H3;1-9H3;1-3H3;;/q;;;;-1;;;-1;+2;. The average Bonchev–Trinajstić information content (AvgIpc) is 0.787. The summed E-state index contributed by atoms with van der Waals surface area (Å²) in [7, 11) is 0. The van der Waals surface area contributed by atoms with Gasteiger partial charge >= 0.3 is 137 Å². The number of Topliss-reactive ketones (excluding diaryl/α,β-unsaturated/α-hetero) is 3. The normalized spacial score (nSPS) is 14.3. The van der Waals surface area contributed by atoms with Crippen LogP contribution in [0.3, 0.4) is 0 Å². The van der Waals surface area contributed by atoms with Crippen molar-refractivity contribution in [1.29, 1.82) is 0 Å². The van der Waals surface area contributed by atoms with Crippen molar-refractivity contribution in [3.63, 3.8) is 0 Å². The van der Waals surface area contributed by atoms with E-state index in [1.165, 1.54) is 30.3 Å². The summed E-state index contributed by atoms with van der Waals surface area (Å²) in [4.78, 5) is 61.6. The maximum Gasteiger partial charge on any atom is 2.00 e. The molecule has 1 rings (SSSR count). The van der Waals surface area contributed by atoms with Crippen LogP contribution in [0.4, 0.5) is 0 Å². The van der Waals surface area contributed by atoms with E-state index in [9.17, 15) is 24.0 Å². The van der Waals surface area contributed by atoms with Gasteiger partial charge in [-0.3, -0.25) is 30.4 Å². The van der Waals surface area contributed by atoms with Gasteiger partial charge in [0.05, 0.1) is 48.3 Å². The van der Waals surface area contributed by atoms with Crippen molar-refractivity contribution in [3.8, 4) is 11.5 Å². The Morgan fingerprint density at radius 1 is 0.412 bits per heavy atom. The molecule has 0 aromatic heterocycles. The molecule has 0 bridgehead atoms. The Bertz CT molecular complexity index is 3090. The summed E-state index contributed by atoms with van der Waals surface area (Å²) in [5.74, 6) is 3.28. The number of rotatable bonds is 27. The molecule has 3 atom stereocenters. The van der Waals surface area contributed by atoms with E-state index < -0.39 is 22.1 Å². The second-order valence-electron chi connectivity index (χ2n) is 58.7. The second kappa shape index (κ2) is 57.5. The molecule has 1 N–H and O–H groups in total. The molecule has 131 heavy (non-hydrogen) atoms. The molecule has 781 valence electrons. The van der Waals surface area contributed by atoms with Gasteiger partial charge in [-0.05, 0) is 282 Å². The fourth-order valence-corrected chi connectivity index (χ4v) is 25.9. The van der Waals surface area contributed by atoms with Crippen molar-refractivity contribution in [2.75, 3.05) is 32.5 Å². The third-order valence-electron chi connectivity index (χ3n) is 16.7. The first-order valence-corrected chi connectivity index (χ1v) is 54.7. The van der Waals surface area contributed by atoms with Crippen LogP contribution in [0.25, 0.3) is 0 Å². The molecule has 0 saturated heterocycles. The van der Waals surface area contributed by atoms with Gasteiger partial charge < -0.3 is 44.5 Å². The van der Waals surface area contributed by atoms with Crippen LogP contribution in [-0.4, -0.2) is 134 Å². The molecule has 0 heterocycles. The summed E-state index contributed by atoms with van der Waals surface area (Å²) in [6.45, 7) is 136. The van der Waals surface area contributed by atoms with Crippen LogP contribution in [0.1, 0.15) is 493 Å². The summed E-state index contributed by atoms with van der Waals surface area (Å²) in [5.41, 5.74) is 1.10. The first-order chi connectivity index (χ1) is 56.1. The Morgan fingerprint density at radius 3 is 1.00 bits per heavy atom. The third kappa shape index (κ3) is 103. The van der Waals surface area contributed by atoms with Gasteiger partial charge in [-0.25, -0.2) is 0 Å². The topological polar surface area (TPSA) is 174 Å². The molecule has 0 spiro atoms. The smallest absolute Gasteiger partial charge is 0.488 e. The Hall–Kier alpha value is -1.61. The minimum Gasteiger partial charge on any atom is -0.488 e. The Morgan fingerprint density at radius 2 is 0.756 bits per heavy atom. The predicted molar refractivity (Wildman–Crippen MR) is 564 cm³/mol. The van der Waals surface area contributed by atoms with Crippen LogP contribution in [-0.2, 0) is 95.8 Å². The van der Waals surface area contributed by atoms with Crippen molar-refractivity contribution in [2.45, 2.75) is 562 Å².